The fourth-order valence-electron chi connectivity index (χ4n) is 3.26. The van der Waals surface area contributed by atoms with E-state index in [2.05, 4.69) is 15.6 Å². The molecule has 31 heavy (non-hydrogen) atoms. The highest BCUT2D eigenvalue weighted by Gasteiger charge is 2.15. The van der Waals surface area contributed by atoms with Gasteiger partial charge >= 0.3 is 0 Å². The lowest BCUT2D eigenvalue weighted by Crippen LogP contribution is -2.18. The molecular weight excluding hydrogens is 390 g/mol. The number of hydrogen-bond donors (Lipinski definition) is 3. The molecule has 3 aromatic carbocycles. The molecule has 0 unspecified atom stereocenters. The lowest BCUT2D eigenvalue weighted by Gasteiger charge is -2.12. The number of benzene rings is 3. The molecule has 0 aliphatic carbocycles. The molecule has 0 aliphatic rings. The number of aliphatic hydroxyl groups is 1. The third-order valence-corrected chi connectivity index (χ3v) is 4.88. The Hall–Kier alpha value is -4.03. The topological polar surface area (TPSA) is 91.3 Å². The first kappa shape index (κ1) is 20.3. The lowest BCUT2D eigenvalue weighted by molar-refractivity contribution is 0.102. The Morgan fingerprint density at radius 1 is 0.839 bits per heavy atom. The van der Waals surface area contributed by atoms with Crippen molar-refractivity contribution < 1.29 is 14.7 Å². The minimum absolute atomic E-state index is 0.0749. The average Bonchev–Trinajstić information content (AvgIpc) is 2.80. The molecule has 6 heteroatoms. The lowest BCUT2D eigenvalue weighted by atomic mass is 10.1. The van der Waals surface area contributed by atoms with Gasteiger partial charge in [0.05, 0.1) is 22.3 Å². The molecule has 2 amide bonds. The van der Waals surface area contributed by atoms with Gasteiger partial charge in [0.2, 0.25) is 0 Å². The van der Waals surface area contributed by atoms with Crippen molar-refractivity contribution in [2.45, 2.75) is 6.42 Å². The number of rotatable bonds is 6. The first-order valence-corrected chi connectivity index (χ1v) is 9.90. The molecule has 6 nitrogen and oxygen atoms in total. The molecule has 0 radical (unpaired) electrons. The van der Waals surface area contributed by atoms with Crippen molar-refractivity contribution in [3.8, 4) is 0 Å². The number of carbonyl (C=O) groups is 2. The second-order valence-corrected chi connectivity index (χ2v) is 7.04. The number of anilines is 2. The number of fused-ring (bicyclic) bond motifs is 1. The van der Waals surface area contributed by atoms with E-state index in [0.717, 1.165) is 16.5 Å². The largest absolute Gasteiger partial charge is 0.396 e. The summed E-state index contributed by atoms with van der Waals surface area (Å²) in [5, 5.41) is 15.5. The van der Waals surface area contributed by atoms with Crippen LogP contribution in [0.15, 0.2) is 85.1 Å². The Balaban J connectivity index is 1.52. The predicted molar refractivity (Wildman–Crippen MR) is 121 cm³/mol. The Kier molecular flexibility index (Phi) is 6.01. The van der Waals surface area contributed by atoms with Gasteiger partial charge in [-0.25, -0.2) is 0 Å². The summed E-state index contributed by atoms with van der Waals surface area (Å²) in [7, 11) is 0. The van der Waals surface area contributed by atoms with Crippen LogP contribution in [0.4, 0.5) is 11.4 Å². The zero-order valence-corrected chi connectivity index (χ0v) is 16.7. The molecule has 3 N–H and O–H groups in total. The van der Waals surface area contributed by atoms with Gasteiger partial charge in [-0.2, -0.15) is 0 Å². The Bertz CT molecular complexity index is 1240. The molecule has 1 aromatic heterocycles. The summed E-state index contributed by atoms with van der Waals surface area (Å²) < 4.78 is 0. The molecule has 0 saturated heterocycles. The van der Waals surface area contributed by atoms with E-state index in [4.69, 9.17) is 5.11 Å². The Labute approximate surface area is 179 Å². The van der Waals surface area contributed by atoms with Crippen molar-refractivity contribution >= 4 is 34.1 Å². The number of aromatic nitrogens is 1. The van der Waals surface area contributed by atoms with E-state index in [-0.39, 0.29) is 18.4 Å². The quantitative estimate of drug-likeness (QED) is 0.442. The second kappa shape index (κ2) is 9.19. The van der Waals surface area contributed by atoms with E-state index < -0.39 is 0 Å². The molecule has 4 aromatic rings. The first-order valence-electron chi connectivity index (χ1n) is 9.90. The van der Waals surface area contributed by atoms with E-state index in [0.29, 0.717) is 28.9 Å². The van der Waals surface area contributed by atoms with Crippen molar-refractivity contribution in [3.63, 3.8) is 0 Å². The van der Waals surface area contributed by atoms with Crippen LogP contribution in [0.2, 0.25) is 0 Å². The molecule has 154 valence electrons. The van der Waals surface area contributed by atoms with Crippen LogP contribution in [0, 0.1) is 0 Å². The highest BCUT2D eigenvalue weighted by molar-refractivity contribution is 6.12. The monoisotopic (exact) mass is 411 g/mol. The number of amides is 2. The van der Waals surface area contributed by atoms with Crippen LogP contribution < -0.4 is 10.6 Å². The maximum absolute atomic E-state index is 12.8. The summed E-state index contributed by atoms with van der Waals surface area (Å²) >= 11 is 0. The number of carbonyl (C=O) groups excluding carboxylic acids is 2. The van der Waals surface area contributed by atoms with Crippen molar-refractivity contribution in [1.29, 1.82) is 0 Å². The van der Waals surface area contributed by atoms with Gasteiger partial charge in [0.15, 0.2) is 0 Å². The summed E-state index contributed by atoms with van der Waals surface area (Å²) in [6, 6.07) is 23.4. The van der Waals surface area contributed by atoms with E-state index in [1.165, 1.54) is 6.20 Å². The van der Waals surface area contributed by atoms with Crippen LogP contribution in [0.5, 0.6) is 0 Å². The van der Waals surface area contributed by atoms with Gasteiger partial charge in [0, 0.05) is 23.9 Å². The minimum Gasteiger partial charge on any atom is -0.396 e. The molecule has 4 rings (SSSR count). The third kappa shape index (κ3) is 4.76. The summed E-state index contributed by atoms with van der Waals surface area (Å²) in [5.41, 5.74) is 3.60. The number of hydrogen-bond acceptors (Lipinski definition) is 4. The molecule has 0 spiro atoms. The standard InChI is InChI=1S/C25H21N3O3/c29-14-13-17-9-11-20(12-10-17)27-25(31)21-6-2-4-8-23(21)28-24(30)19-15-18-5-1-3-7-22(18)26-16-19/h1-12,15-16,29H,13-14H2,(H,27,31)(H,28,30). The van der Waals surface area contributed by atoms with Gasteiger partial charge in [-0.1, -0.05) is 42.5 Å². The second-order valence-electron chi connectivity index (χ2n) is 7.04. The van der Waals surface area contributed by atoms with Crippen LogP contribution in [-0.4, -0.2) is 28.5 Å². The van der Waals surface area contributed by atoms with Gasteiger partial charge in [-0.15, -0.1) is 0 Å². The van der Waals surface area contributed by atoms with Crippen LogP contribution in [0.3, 0.4) is 0 Å². The van der Waals surface area contributed by atoms with Crippen molar-refractivity contribution in [2.75, 3.05) is 17.2 Å². The number of para-hydroxylation sites is 2. The predicted octanol–water partition coefficient (Wildman–Crippen LogP) is 4.27. The van der Waals surface area contributed by atoms with Gasteiger partial charge in [-0.05, 0) is 48.4 Å². The highest BCUT2D eigenvalue weighted by atomic mass is 16.3. The van der Waals surface area contributed by atoms with E-state index >= 15 is 0 Å². The Morgan fingerprint density at radius 2 is 1.58 bits per heavy atom. The van der Waals surface area contributed by atoms with Gasteiger partial charge in [0.25, 0.3) is 11.8 Å². The van der Waals surface area contributed by atoms with E-state index in [1.807, 2.05) is 36.4 Å². The van der Waals surface area contributed by atoms with E-state index in [9.17, 15) is 9.59 Å². The SMILES string of the molecule is O=C(Nc1ccccc1C(=O)Nc1ccc(CCO)cc1)c1cnc2ccccc2c1. The molecular formula is C25H21N3O3. The zero-order chi connectivity index (χ0) is 21.6. The van der Waals surface area contributed by atoms with E-state index in [1.54, 1.807) is 42.5 Å². The normalized spacial score (nSPS) is 10.6. The number of aliphatic hydroxyl groups excluding tert-OH is 1. The van der Waals surface area contributed by atoms with Gasteiger partial charge in [0.1, 0.15) is 0 Å². The molecule has 0 fully saturated rings. The van der Waals surface area contributed by atoms with Gasteiger partial charge in [-0.3, -0.25) is 14.6 Å². The van der Waals surface area contributed by atoms with Crippen LogP contribution >= 0.6 is 0 Å². The van der Waals surface area contributed by atoms with Crippen LogP contribution in [0.25, 0.3) is 10.9 Å². The fourth-order valence-corrected chi connectivity index (χ4v) is 3.26. The molecule has 0 aliphatic heterocycles. The number of nitrogens with zero attached hydrogens (tertiary/aromatic N) is 1. The summed E-state index contributed by atoms with van der Waals surface area (Å²) in [5.74, 6) is -0.672. The zero-order valence-electron chi connectivity index (χ0n) is 16.7. The van der Waals surface area contributed by atoms with Crippen LogP contribution in [0.1, 0.15) is 26.3 Å². The summed E-state index contributed by atoms with van der Waals surface area (Å²) in [6.07, 6.45) is 2.08. The maximum Gasteiger partial charge on any atom is 0.257 e. The minimum atomic E-state index is -0.341. The third-order valence-electron chi connectivity index (χ3n) is 4.88. The smallest absolute Gasteiger partial charge is 0.257 e. The van der Waals surface area contributed by atoms with Gasteiger partial charge < -0.3 is 15.7 Å². The van der Waals surface area contributed by atoms with Crippen molar-refractivity contribution in [3.05, 3.63) is 102 Å². The first-order chi connectivity index (χ1) is 15.1. The number of pyridine rings is 1. The van der Waals surface area contributed by atoms with Crippen molar-refractivity contribution in [2.24, 2.45) is 0 Å². The van der Waals surface area contributed by atoms with Crippen molar-refractivity contribution in [1.82, 2.24) is 4.98 Å². The fraction of sp³-hybridized carbons (Fsp3) is 0.0800. The number of nitrogens with one attached hydrogen (secondary N) is 2. The van der Waals surface area contributed by atoms with Crippen LogP contribution in [-0.2, 0) is 6.42 Å². The molecule has 0 bridgehead atoms. The summed E-state index contributed by atoms with van der Waals surface area (Å²) in [6.45, 7) is 0.0749. The Morgan fingerprint density at radius 3 is 2.39 bits per heavy atom. The average molecular weight is 411 g/mol. The molecule has 0 saturated carbocycles. The highest BCUT2D eigenvalue weighted by Crippen LogP contribution is 2.20. The summed E-state index contributed by atoms with van der Waals surface area (Å²) in [4.78, 5) is 29.9. The molecule has 1 heterocycles. The maximum atomic E-state index is 12.8. The molecule has 0 atom stereocenters.